The molecule has 0 fully saturated rings. The van der Waals surface area contributed by atoms with E-state index in [9.17, 15) is 0 Å². The predicted octanol–water partition coefficient (Wildman–Crippen LogP) is -1.16. The van der Waals surface area contributed by atoms with Crippen LogP contribution >= 0.6 is 0 Å². The second-order valence-electron chi connectivity index (χ2n) is 5.50. The number of halogens is 2. The van der Waals surface area contributed by atoms with Gasteiger partial charge >= 0.3 is 121 Å². The molecule has 0 aromatic carbocycles. The summed E-state index contributed by atoms with van der Waals surface area (Å²) in [7, 11) is 0. The molecule has 111 valence electrons. The van der Waals surface area contributed by atoms with E-state index in [0.29, 0.717) is 0 Å². The second kappa shape index (κ2) is 9.62. The van der Waals surface area contributed by atoms with Crippen LogP contribution in [0, 0.1) is 0 Å². The van der Waals surface area contributed by atoms with Crippen molar-refractivity contribution in [1.29, 1.82) is 0 Å². The quantitative estimate of drug-likeness (QED) is 0.505. The number of hydrogen-bond acceptors (Lipinski definition) is 0. The average molecular weight is 408 g/mol. The third-order valence-electron chi connectivity index (χ3n) is 4.05. The van der Waals surface area contributed by atoms with Crippen molar-refractivity contribution in [3.8, 4) is 0 Å². The number of hydrogen-bond donors (Lipinski definition) is 0. The van der Waals surface area contributed by atoms with E-state index in [1.54, 1.807) is 11.1 Å². The smallest absolute Gasteiger partial charge is 1.00 e. The van der Waals surface area contributed by atoms with Gasteiger partial charge in [0.2, 0.25) is 0 Å². The fourth-order valence-corrected chi connectivity index (χ4v) is 24.0. The van der Waals surface area contributed by atoms with Gasteiger partial charge in [0.1, 0.15) is 0 Å². The van der Waals surface area contributed by atoms with Gasteiger partial charge in [0.25, 0.3) is 0 Å². The van der Waals surface area contributed by atoms with Gasteiger partial charge in [-0.2, -0.15) is 0 Å². The van der Waals surface area contributed by atoms with E-state index < -0.39 is 26.8 Å². The van der Waals surface area contributed by atoms with Crippen molar-refractivity contribution < 1.29 is 45.7 Å². The summed E-state index contributed by atoms with van der Waals surface area (Å²) in [5.41, 5.74) is 3.42. The van der Waals surface area contributed by atoms with Crippen LogP contribution < -0.4 is 24.8 Å². The molecule has 0 aromatic rings. The molecule has 20 heavy (non-hydrogen) atoms. The summed E-state index contributed by atoms with van der Waals surface area (Å²) in [6.45, 7) is 9.86. The molecular formula is C16H25Cl2SiZr. The molecule has 2 rings (SSSR count). The van der Waals surface area contributed by atoms with E-state index in [-0.39, 0.29) is 24.8 Å². The van der Waals surface area contributed by atoms with E-state index in [1.807, 2.05) is 6.56 Å². The van der Waals surface area contributed by atoms with E-state index >= 15 is 0 Å². The molecule has 0 bridgehead atoms. The fraction of sp³-hybridized carbons (Fsp3) is 0.500. The maximum Gasteiger partial charge on any atom is -1.00 e. The standard InChI is InChI=1S/2C7H9.C2H7Si.2ClH.Zr/c2*1-2-7-5-3-4-6-7;1-3-2;;;/h2*3,5H,2,4H2,1H3;3H,1-2H3;2*1H;/q;;;;;+2/p-2. The molecule has 0 aromatic heterocycles. The van der Waals surface area contributed by atoms with Crippen molar-refractivity contribution >= 4 is 5.92 Å². The summed E-state index contributed by atoms with van der Waals surface area (Å²) in [5, 5.41) is 0. The van der Waals surface area contributed by atoms with Crippen molar-refractivity contribution in [2.24, 2.45) is 0 Å². The largest absolute Gasteiger partial charge is 1.00 e. The van der Waals surface area contributed by atoms with Crippen LogP contribution in [-0.4, -0.2) is 5.92 Å². The van der Waals surface area contributed by atoms with E-state index in [4.69, 9.17) is 0 Å². The van der Waals surface area contributed by atoms with Crippen molar-refractivity contribution in [1.82, 2.24) is 0 Å². The van der Waals surface area contributed by atoms with E-state index in [2.05, 4.69) is 51.2 Å². The Morgan fingerprint density at radius 1 is 0.900 bits per heavy atom. The van der Waals surface area contributed by atoms with Crippen LogP contribution in [0.1, 0.15) is 39.5 Å². The Bertz CT molecular complexity index is 409. The Hall–Kier alpha value is 0.640. The molecule has 0 N–H and O–H groups in total. The molecule has 0 saturated carbocycles. The van der Waals surface area contributed by atoms with Gasteiger partial charge in [0.15, 0.2) is 0 Å². The van der Waals surface area contributed by atoms with Crippen molar-refractivity contribution in [2.45, 2.75) is 52.6 Å². The Morgan fingerprint density at radius 2 is 1.30 bits per heavy atom. The van der Waals surface area contributed by atoms with Gasteiger partial charge in [0, 0.05) is 0 Å². The molecule has 0 nitrogen and oxygen atoms in total. The van der Waals surface area contributed by atoms with Crippen LogP contribution in [0.15, 0.2) is 42.0 Å². The SMILES string of the molecule is CCC1=[C]([Zr+2]([C]2=C(CC)C=CC2)[SiH](C)C)CC=C1.[Cl-].[Cl-]. The zero-order chi connectivity index (χ0) is 13.1. The number of allylic oxidation sites excluding steroid dienone is 8. The Morgan fingerprint density at radius 3 is 1.60 bits per heavy atom. The molecule has 4 heteroatoms. The summed E-state index contributed by atoms with van der Waals surface area (Å²) in [6, 6.07) is 0. The molecule has 0 heterocycles. The maximum absolute atomic E-state index is 2.60. The van der Waals surface area contributed by atoms with Crippen LogP contribution in [0.4, 0.5) is 0 Å². The third kappa shape index (κ3) is 4.32. The first-order valence-corrected chi connectivity index (χ1v) is 16.9. The minimum absolute atomic E-state index is 0. The first kappa shape index (κ1) is 20.6. The molecule has 0 aliphatic heterocycles. The van der Waals surface area contributed by atoms with Gasteiger partial charge in [-0.15, -0.1) is 0 Å². The Balaban J connectivity index is 0.00000180. The van der Waals surface area contributed by atoms with Crippen LogP contribution in [0.3, 0.4) is 0 Å². The predicted molar refractivity (Wildman–Crippen MR) is 81.0 cm³/mol. The molecule has 0 spiro atoms. The molecule has 0 saturated heterocycles. The molecule has 0 amide bonds. The zero-order valence-electron chi connectivity index (χ0n) is 13.0. The van der Waals surface area contributed by atoms with Crippen molar-refractivity contribution in [2.75, 3.05) is 0 Å². The van der Waals surface area contributed by atoms with Crippen molar-refractivity contribution in [3.05, 3.63) is 42.0 Å². The van der Waals surface area contributed by atoms with Crippen LogP contribution in [0.2, 0.25) is 13.1 Å². The minimum Gasteiger partial charge on any atom is -1.00 e. The summed E-state index contributed by atoms with van der Waals surface area (Å²) in [4.78, 5) is 0. The van der Waals surface area contributed by atoms with Gasteiger partial charge < -0.3 is 24.8 Å². The molecule has 0 unspecified atom stereocenters. The summed E-state index contributed by atoms with van der Waals surface area (Å²) >= 11 is -1.45. The topological polar surface area (TPSA) is 0 Å². The normalized spacial score (nSPS) is 16.9. The van der Waals surface area contributed by atoms with E-state index in [0.717, 1.165) is 0 Å². The van der Waals surface area contributed by atoms with Gasteiger partial charge in [-0.1, -0.05) is 0 Å². The monoisotopic (exact) mass is 405 g/mol. The fourth-order valence-electron chi connectivity index (χ4n) is 3.21. The van der Waals surface area contributed by atoms with Crippen LogP contribution in [-0.2, 0) is 20.9 Å². The molecule has 2 aliphatic carbocycles. The zero-order valence-corrected chi connectivity index (χ0v) is 18.1. The maximum atomic E-state index is 2.60. The molecule has 2 aliphatic rings. The third-order valence-corrected chi connectivity index (χ3v) is 23.6. The molecule has 0 atom stereocenters. The van der Waals surface area contributed by atoms with Gasteiger partial charge in [-0.05, 0) is 0 Å². The van der Waals surface area contributed by atoms with Crippen molar-refractivity contribution in [3.63, 3.8) is 0 Å². The Kier molecular flexibility index (Phi) is 9.92. The van der Waals surface area contributed by atoms with Gasteiger partial charge in [-0.3, -0.25) is 0 Å². The Labute approximate surface area is 145 Å². The van der Waals surface area contributed by atoms with Gasteiger partial charge in [-0.25, -0.2) is 0 Å². The average Bonchev–Trinajstić information content (AvgIpc) is 2.97. The van der Waals surface area contributed by atoms with Crippen LogP contribution in [0.25, 0.3) is 0 Å². The first-order valence-electron chi connectivity index (χ1n) is 7.33. The van der Waals surface area contributed by atoms with E-state index in [1.165, 1.54) is 25.7 Å². The second-order valence-corrected chi connectivity index (χ2v) is 24.7. The first-order chi connectivity index (χ1) is 8.69. The summed E-state index contributed by atoms with van der Waals surface area (Å²) < 4.78 is 3.90. The summed E-state index contributed by atoms with van der Waals surface area (Å²) in [5.74, 6) is -0.496. The number of rotatable bonds is 5. The van der Waals surface area contributed by atoms with Gasteiger partial charge in [0.05, 0.1) is 0 Å². The minimum atomic E-state index is -1.45. The molecule has 0 radical (unpaired) electrons. The molecular weight excluding hydrogens is 382 g/mol. The summed E-state index contributed by atoms with van der Waals surface area (Å²) in [6.07, 6.45) is 14.8. The van der Waals surface area contributed by atoms with Crippen LogP contribution in [0.5, 0.6) is 0 Å².